The highest BCUT2D eigenvalue weighted by atomic mass is 15.3. The maximum absolute atomic E-state index is 5.65. The van der Waals surface area contributed by atoms with Crippen molar-refractivity contribution >= 4 is 11.5 Å². The number of benzene rings is 4. The van der Waals surface area contributed by atoms with Crippen molar-refractivity contribution in [1.82, 2.24) is 0 Å². The van der Waals surface area contributed by atoms with Gasteiger partial charge in [0.2, 0.25) is 0 Å². The summed E-state index contributed by atoms with van der Waals surface area (Å²) in [6, 6.07) is 44.1. The van der Waals surface area contributed by atoms with Gasteiger partial charge < -0.3 is 4.90 Å². The second kappa shape index (κ2) is 9.37. The molecule has 0 radical (unpaired) electrons. The molecule has 0 aromatic heterocycles. The molecule has 2 heteroatoms. The minimum Gasteiger partial charge on any atom is -0.320 e. The normalized spacial score (nSPS) is 26.2. The predicted octanol–water partition coefficient (Wildman–Crippen LogP) is 7.77. The van der Waals surface area contributed by atoms with Gasteiger partial charge in [0.25, 0.3) is 0 Å². The molecule has 3 aliphatic rings. The molecule has 1 heterocycles. The van der Waals surface area contributed by atoms with Crippen molar-refractivity contribution < 1.29 is 0 Å². The molecular formula is C35H30N2. The van der Waals surface area contributed by atoms with Crippen molar-refractivity contribution in [2.45, 2.75) is 30.3 Å². The number of anilines is 1. The fraction of sp³-hybridized carbons (Fsp3) is 0.171. The van der Waals surface area contributed by atoms with Crippen LogP contribution in [0.2, 0.25) is 0 Å². The summed E-state index contributed by atoms with van der Waals surface area (Å²) in [6.07, 6.45) is 8.07. The quantitative estimate of drug-likeness (QED) is 0.292. The molecule has 0 N–H and O–H groups in total. The third-order valence-corrected chi connectivity index (χ3v) is 8.30. The molecule has 37 heavy (non-hydrogen) atoms. The van der Waals surface area contributed by atoms with E-state index < -0.39 is 0 Å². The fourth-order valence-corrected chi connectivity index (χ4v) is 6.84. The van der Waals surface area contributed by atoms with Crippen molar-refractivity contribution in [2.24, 2.45) is 10.9 Å². The van der Waals surface area contributed by atoms with Crippen LogP contribution in [-0.4, -0.2) is 17.9 Å². The Morgan fingerprint density at radius 2 is 1.24 bits per heavy atom. The second-order valence-electron chi connectivity index (χ2n) is 10.3. The van der Waals surface area contributed by atoms with Crippen molar-refractivity contribution in [3.8, 4) is 0 Å². The zero-order chi connectivity index (χ0) is 24.6. The summed E-state index contributed by atoms with van der Waals surface area (Å²) < 4.78 is 0. The molecule has 180 valence electrons. The number of allylic oxidation sites excluding steroid dienone is 3. The number of fused-ring (bicyclic) bond motifs is 2. The third kappa shape index (κ3) is 3.76. The Kier molecular flexibility index (Phi) is 5.59. The lowest BCUT2D eigenvalue weighted by atomic mass is 9.60. The SMILES string of the molecule is C1=CCC2C(=C1)C(c1ccccc1)C1C(N=C(c3ccccc3)N1c1ccccc1)C2c1ccccc1. The molecular weight excluding hydrogens is 448 g/mol. The lowest BCUT2D eigenvalue weighted by Crippen LogP contribution is -2.52. The molecule has 0 bridgehead atoms. The van der Waals surface area contributed by atoms with Gasteiger partial charge in [-0.15, -0.1) is 0 Å². The maximum Gasteiger partial charge on any atom is 0.136 e. The Morgan fingerprint density at radius 1 is 0.649 bits per heavy atom. The number of aliphatic imine (C=N–C) groups is 1. The molecule has 1 fully saturated rings. The molecule has 5 unspecified atom stereocenters. The monoisotopic (exact) mass is 478 g/mol. The average molecular weight is 479 g/mol. The van der Waals surface area contributed by atoms with Crippen LogP contribution in [0.4, 0.5) is 5.69 Å². The van der Waals surface area contributed by atoms with E-state index in [0.717, 1.165) is 12.3 Å². The third-order valence-electron chi connectivity index (χ3n) is 8.30. The minimum absolute atomic E-state index is 0.136. The molecule has 5 atom stereocenters. The van der Waals surface area contributed by atoms with Crippen LogP contribution in [0.3, 0.4) is 0 Å². The van der Waals surface area contributed by atoms with Gasteiger partial charge in [0.1, 0.15) is 5.84 Å². The van der Waals surface area contributed by atoms with E-state index in [2.05, 4.69) is 144 Å². The summed E-state index contributed by atoms with van der Waals surface area (Å²) in [6.45, 7) is 0. The summed E-state index contributed by atoms with van der Waals surface area (Å²) in [5.74, 6) is 2.08. The number of amidine groups is 1. The Labute approximate surface area is 219 Å². The first kappa shape index (κ1) is 22.1. The molecule has 7 rings (SSSR count). The Hall–Kier alpha value is -4.17. The van der Waals surface area contributed by atoms with E-state index in [1.807, 2.05) is 0 Å². The zero-order valence-corrected chi connectivity index (χ0v) is 20.8. The number of nitrogens with zero attached hydrogens (tertiary/aromatic N) is 2. The smallest absolute Gasteiger partial charge is 0.136 e. The minimum atomic E-state index is 0.136. The van der Waals surface area contributed by atoms with Gasteiger partial charge in [-0.1, -0.05) is 133 Å². The van der Waals surface area contributed by atoms with Crippen LogP contribution >= 0.6 is 0 Å². The van der Waals surface area contributed by atoms with Crippen molar-refractivity contribution in [2.75, 3.05) is 4.90 Å². The highest BCUT2D eigenvalue weighted by molar-refractivity contribution is 6.12. The molecule has 1 saturated carbocycles. The summed E-state index contributed by atoms with van der Waals surface area (Å²) >= 11 is 0. The van der Waals surface area contributed by atoms with E-state index in [1.165, 1.54) is 28.0 Å². The first-order valence-electron chi connectivity index (χ1n) is 13.3. The van der Waals surface area contributed by atoms with Gasteiger partial charge in [0, 0.05) is 23.1 Å². The highest BCUT2D eigenvalue weighted by Gasteiger charge is 2.54. The van der Waals surface area contributed by atoms with Crippen LogP contribution < -0.4 is 4.90 Å². The van der Waals surface area contributed by atoms with Crippen LogP contribution in [0.1, 0.15) is 34.9 Å². The largest absolute Gasteiger partial charge is 0.320 e. The average Bonchev–Trinajstić information content (AvgIpc) is 3.37. The fourth-order valence-electron chi connectivity index (χ4n) is 6.84. The van der Waals surface area contributed by atoms with Gasteiger partial charge in [-0.25, -0.2) is 0 Å². The van der Waals surface area contributed by atoms with Gasteiger partial charge in [0.15, 0.2) is 0 Å². The molecule has 0 saturated heterocycles. The van der Waals surface area contributed by atoms with E-state index in [4.69, 9.17) is 4.99 Å². The van der Waals surface area contributed by atoms with Gasteiger partial charge in [-0.05, 0) is 35.6 Å². The molecule has 0 spiro atoms. The van der Waals surface area contributed by atoms with Crippen LogP contribution in [-0.2, 0) is 0 Å². The Balaban J connectivity index is 1.49. The van der Waals surface area contributed by atoms with E-state index >= 15 is 0 Å². The molecule has 4 aromatic rings. The summed E-state index contributed by atoms with van der Waals surface area (Å²) in [5, 5.41) is 0. The second-order valence-corrected chi connectivity index (χ2v) is 10.3. The van der Waals surface area contributed by atoms with Gasteiger partial charge in [-0.3, -0.25) is 4.99 Å². The first-order valence-corrected chi connectivity index (χ1v) is 13.3. The van der Waals surface area contributed by atoms with Gasteiger partial charge in [0.05, 0.1) is 12.1 Å². The first-order chi connectivity index (χ1) is 18.4. The molecule has 4 aromatic carbocycles. The topological polar surface area (TPSA) is 15.6 Å². The lowest BCUT2D eigenvalue weighted by Gasteiger charge is -2.49. The number of hydrogen-bond donors (Lipinski definition) is 0. The Morgan fingerprint density at radius 3 is 1.92 bits per heavy atom. The molecule has 2 aliphatic carbocycles. The van der Waals surface area contributed by atoms with Crippen LogP contribution in [0.15, 0.2) is 150 Å². The summed E-state index contributed by atoms with van der Waals surface area (Å²) in [4.78, 5) is 8.20. The van der Waals surface area contributed by atoms with Gasteiger partial charge in [-0.2, -0.15) is 0 Å². The number of hydrogen-bond acceptors (Lipinski definition) is 2. The summed E-state index contributed by atoms with van der Waals surface area (Å²) in [7, 11) is 0. The van der Waals surface area contributed by atoms with E-state index in [-0.39, 0.29) is 18.0 Å². The van der Waals surface area contributed by atoms with Gasteiger partial charge >= 0.3 is 0 Å². The Bertz CT molecular complexity index is 1460. The maximum atomic E-state index is 5.65. The highest BCUT2D eigenvalue weighted by Crippen LogP contribution is 2.55. The van der Waals surface area contributed by atoms with Crippen LogP contribution in [0, 0.1) is 5.92 Å². The predicted molar refractivity (Wildman–Crippen MR) is 153 cm³/mol. The molecule has 1 aliphatic heterocycles. The van der Waals surface area contributed by atoms with E-state index in [1.54, 1.807) is 0 Å². The zero-order valence-electron chi connectivity index (χ0n) is 20.8. The van der Waals surface area contributed by atoms with Crippen molar-refractivity contribution in [3.63, 3.8) is 0 Å². The van der Waals surface area contributed by atoms with Crippen LogP contribution in [0.5, 0.6) is 0 Å². The number of rotatable bonds is 4. The van der Waals surface area contributed by atoms with Crippen molar-refractivity contribution in [3.05, 3.63) is 162 Å². The van der Waals surface area contributed by atoms with Crippen molar-refractivity contribution in [1.29, 1.82) is 0 Å². The molecule has 0 amide bonds. The summed E-state index contributed by atoms with van der Waals surface area (Å²) in [5.41, 5.74) is 6.68. The molecule has 2 nitrogen and oxygen atoms in total. The van der Waals surface area contributed by atoms with E-state index in [9.17, 15) is 0 Å². The number of para-hydroxylation sites is 1. The van der Waals surface area contributed by atoms with E-state index in [0.29, 0.717) is 11.8 Å². The lowest BCUT2D eigenvalue weighted by molar-refractivity contribution is 0.298. The standard InChI is InChI=1S/C35H30N2/c1-5-15-25(16-6-1)31-29-23-13-14-24-30(29)32(26-17-7-2-8-18-26)34-33(31)36-35(27-19-9-3-10-20-27)37(34)28-21-11-4-12-22-28/h1-22,24,29,31-34H,23H2. The van der Waals surface area contributed by atoms with Crippen LogP contribution in [0.25, 0.3) is 0 Å².